The average Bonchev–Trinajstić information content (AvgIpc) is 3.48. The third-order valence-corrected chi connectivity index (χ3v) is 6.87. The fourth-order valence-electron chi connectivity index (χ4n) is 4.22. The van der Waals surface area contributed by atoms with E-state index >= 15 is 0 Å². The maximum atomic E-state index is 12.5. The molecule has 4 rings (SSSR count). The van der Waals surface area contributed by atoms with Gasteiger partial charge in [0.15, 0.2) is 6.29 Å². The van der Waals surface area contributed by atoms with Crippen LogP contribution in [0.15, 0.2) is 30.3 Å². The van der Waals surface area contributed by atoms with Crippen molar-refractivity contribution in [2.45, 2.75) is 38.3 Å². The molecule has 1 aromatic carbocycles. The lowest BCUT2D eigenvalue weighted by Crippen LogP contribution is -2.47. The number of nitrogens with zero attached hydrogens (tertiary/aromatic N) is 3. The molecular weight excluding hydrogens is 384 g/mol. The zero-order valence-electron chi connectivity index (χ0n) is 16.4. The van der Waals surface area contributed by atoms with Gasteiger partial charge in [-0.25, -0.2) is 4.79 Å². The Morgan fingerprint density at radius 2 is 2.14 bits per heavy atom. The van der Waals surface area contributed by atoms with Crippen molar-refractivity contribution in [2.24, 2.45) is 0 Å². The third kappa shape index (κ3) is 3.99. The summed E-state index contributed by atoms with van der Waals surface area (Å²) < 4.78 is 0. The Morgan fingerprint density at radius 3 is 2.83 bits per heavy atom. The van der Waals surface area contributed by atoms with Crippen LogP contribution in [0, 0.1) is 11.3 Å². The van der Waals surface area contributed by atoms with E-state index in [1.807, 2.05) is 29.2 Å². The number of nitriles is 1. The summed E-state index contributed by atoms with van der Waals surface area (Å²) in [6.07, 6.45) is 3.85. The second-order valence-corrected chi connectivity index (χ2v) is 8.84. The molecule has 0 bridgehead atoms. The highest BCUT2D eigenvalue weighted by Gasteiger charge is 2.30. The summed E-state index contributed by atoms with van der Waals surface area (Å²) in [4.78, 5) is 29.2. The molecule has 2 fully saturated rings. The number of anilines is 1. The van der Waals surface area contributed by atoms with E-state index in [0.29, 0.717) is 23.0 Å². The number of likely N-dealkylation sites (tertiary alicyclic amines) is 1. The Labute approximate surface area is 174 Å². The summed E-state index contributed by atoms with van der Waals surface area (Å²) in [6.45, 7) is 4.44. The fourth-order valence-corrected chi connectivity index (χ4v) is 5.03. The molecule has 3 heterocycles. The number of hydrogen-bond donors (Lipinski definition) is 1. The Bertz CT molecular complexity index is 964. The predicted octanol–water partition coefficient (Wildman–Crippen LogP) is 3.87. The van der Waals surface area contributed by atoms with Crippen LogP contribution in [-0.4, -0.2) is 48.9 Å². The molecule has 2 amide bonds. The van der Waals surface area contributed by atoms with Crippen molar-refractivity contribution in [3.8, 4) is 16.5 Å². The molecule has 0 unspecified atom stereocenters. The Morgan fingerprint density at radius 1 is 1.28 bits per heavy atom. The van der Waals surface area contributed by atoms with Crippen LogP contribution in [0.2, 0.25) is 0 Å². The molecular formula is C22H24N4O2S. The van der Waals surface area contributed by atoms with Crippen LogP contribution in [0.25, 0.3) is 10.4 Å². The normalized spacial score (nSPS) is 21.2. The number of carbonyl (C=O) groups excluding carboxylic acids is 2. The van der Waals surface area contributed by atoms with Crippen molar-refractivity contribution < 1.29 is 9.59 Å². The molecule has 2 aliphatic rings. The number of rotatable bonds is 4. The van der Waals surface area contributed by atoms with Crippen LogP contribution in [0.5, 0.6) is 0 Å². The summed E-state index contributed by atoms with van der Waals surface area (Å²) in [7, 11) is 0. The molecule has 0 radical (unpaired) electrons. The van der Waals surface area contributed by atoms with E-state index in [1.165, 1.54) is 11.3 Å². The van der Waals surface area contributed by atoms with Gasteiger partial charge in [0, 0.05) is 36.6 Å². The van der Waals surface area contributed by atoms with Crippen LogP contribution in [0.3, 0.4) is 0 Å². The topological polar surface area (TPSA) is 76.4 Å². The van der Waals surface area contributed by atoms with Crippen molar-refractivity contribution in [2.75, 3.05) is 24.5 Å². The summed E-state index contributed by atoms with van der Waals surface area (Å²) in [5, 5.41) is 12.8. The van der Waals surface area contributed by atoms with Crippen LogP contribution in [0.1, 0.15) is 41.4 Å². The second-order valence-electron chi connectivity index (χ2n) is 7.73. The van der Waals surface area contributed by atoms with Crippen LogP contribution >= 0.6 is 11.3 Å². The number of nitrogens with one attached hydrogen (secondary N) is 1. The smallest absolute Gasteiger partial charge is 0.317 e. The maximum absolute atomic E-state index is 12.5. The molecule has 1 aromatic heterocycles. The minimum absolute atomic E-state index is 0.0291. The highest BCUT2D eigenvalue weighted by molar-refractivity contribution is 7.17. The van der Waals surface area contributed by atoms with Crippen molar-refractivity contribution in [1.82, 2.24) is 10.2 Å². The van der Waals surface area contributed by atoms with Crippen molar-refractivity contribution in [3.05, 3.63) is 40.8 Å². The number of thiophene rings is 1. The van der Waals surface area contributed by atoms with Crippen LogP contribution < -0.4 is 10.2 Å². The van der Waals surface area contributed by atoms with Crippen LogP contribution in [0.4, 0.5) is 10.5 Å². The minimum Gasteiger partial charge on any atom is -0.368 e. The van der Waals surface area contributed by atoms with Crippen LogP contribution in [-0.2, 0) is 0 Å². The van der Waals surface area contributed by atoms with Gasteiger partial charge in [-0.3, -0.25) is 4.79 Å². The van der Waals surface area contributed by atoms with E-state index in [-0.39, 0.29) is 12.1 Å². The molecule has 7 heteroatoms. The van der Waals surface area contributed by atoms with Gasteiger partial charge in [-0.1, -0.05) is 6.07 Å². The monoisotopic (exact) mass is 408 g/mol. The molecule has 0 spiro atoms. The molecule has 6 nitrogen and oxygen atoms in total. The summed E-state index contributed by atoms with van der Waals surface area (Å²) in [6, 6.07) is 12.3. The fraction of sp³-hybridized carbons (Fsp3) is 0.409. The summed E-state index contributed by atoms with van der Waals surface area (Å²) >= 11 is 1.42. The van der Waals surface area contributed by atoms with Crippen molar-refractivity contribution >= 4 is 29.3 Å². The number of benzene rings is 1. The van der Waals surface area contributed by atoms with Gasteiger partial charge < -0.3 is 15.1 Å². The van der Waals surface area contributed by atoms with Gasteiger partial charge in [-0.2, -0.15) is 5.26 Å². The first-order chi connectivity index (χ1) is 14.1. The first-order valence-electron chi connectivity index (χ1n) is 10.0. The number of carbonyl (C=O) groups is 2. The quantitative estimate of drug-likeness (QED) is 0.779. The van der Waals surface area contributed by atoms with E-state index in [0.717, 1.165) is 54.8 Å². The molecule has 0 saturated carbocycles. The lowest BCUT2D eigenvalue weighted by molar-refractivity contribution is 0.112. The molecule has 29 heavy (non-hydrogen) atoms. The zero-order valence-corrected chi connectivity index (χ0v) is 17.2. The van der Waals surface area contributed by atoms with Crippen molar-refractivity contribution in [1.29, 1.82) is 5.26 Å². The standard InChI is InChI=1S/C22H24N4O2S/c1-15-3-2-9-26(15)22(28)24-18-8-10-25(13-18)20-6-4-16(11-17(20)12-23)21-7-5-19(14-27)29-21/h4-7,11,14-15,18H,2-3,8-10,13H2,1H3,(H,24,28)/t15-,18+/m1/s1. The Balaban J connectivity index is 1.45. The van der Waals surface area contributed by atoms with E-state index < -0.39 is 0 Å². The number of hydrogen-bond acceptors (Lipinski definition) is 5. The minimum atomic E-state index is 0.0291. The molecule has 2 atom stereocenters. The van der Waals surface area contributed by atoms with Gasteiger partial charge in [0.1, 0.15) is 6.07 Å². The number of urea groups is 1. The highest BCUT2D eigenvalue weighted by atomic mass is 32.1. The lowest BCUT2D eigenvalue weighted by atomic mass is 10.1. The summed E-state index contributed by atoms with van der Waals surface area (Å²) in [5.74, 6) is 0. The molecule has 2 aliphatic heterocycles. The van der Waals surface area contributed by atoms with E-state index in [9.17, 15) is 14.9 Å². The molecule has 2 aromatic rings. The Hall–Kier alpha value is -2.85. The second kappa shape index (κ2) is 8.26. The average molecular weight is 409 g/mol. The lowest BCUT2D eigenvalue weighted by Gasteiger charge is -2.25. The highest BCUT2D eigenvalue weighted by Crippen LogP contribution is 2.32. The van der Waals surface area contributed by atoms with E-state index in [2.05, 4.69) is 23.2 Å². The van der Waals surface area contributed by atoms with Gasteiger partial charge in [-0.05, 0) is 56.0 Å². The molecule has 1 N–H and O–H groups in total. The number of amides is 2. The first kappa shape index (κ1) is 19.5. The van der Waals surface area contributed by atoms with Gasteiger partial charge in [0.25, 0.3) is 0 Å². The first-order valence-corrected chi connectivity index (χ1v) is 10.8. The maximum Gasteiger partial charge on any atom is 0.317 e. The van der Waals surface area contributed by atoms with Gasteiger partial charge in [0.2, 0.25) is 0 Å². The Kier molecular flexibility index (Phi) is 5.54. The molecule has 2 saturated heterocycles. The molecule has 150 valence electrons. The number of aldehydes is 1. The zero-order chi connectivity index (χ0) is 20.4. The molecule has 0 aliphatic carbocycles. The van der Waals surface area contributed by atoms with Gasteiger partial charge in [-0.15, -0.1) is 11.3 Å². The van der Waals surface area contributed by atoms with Gasteiger partial charge >= 0.3 is 6.03 Å². The van der Waals surface area contributed by atoms with Crippen molar-refractivity contribution in [3.63, 3.8) is 0 Å². The SMILES string of the molecule is C[C@@H]1CCCN1C(=O)N[C@H]1CCN(c2ccc(-c3ccc(C=O)s3)cc2C#N)C1. The van der Waals surface area contributed by atoms with E-state index in [4.69, 9.17) is 0 Å². The third-order valence-electron chi connectivity index (χ3n) is 5.81. The van der Waals surface area contributed by atoms with E-state index in [1.54, 1.807) is 6.07 Å². The largest absolute Gasteiger partial charge is 0.368 e. The predicted molar refractivity (Wildman–Crippen MR) is 114 cm³/mol. The summed E-state index contributed by atoms with van der Waals surface area (Å²) in [5.41, 5.74) is 2.45. The van der Waals surface area contributed by atoms with Gasteiger partial charge in [0.05, 0.1) is 16.1 Å².